The van der Waals surface area contributed by atoms with Gasteiger partial charge in [0.15, 0.2) is 4.77 Å². The molecule has 0 spiro atoms. The average Bonchev–Trinajstić information content (AvgIpc) is 2.51. The summed E-state index contributed by atoms with van der Waals surface area (Å²) in [6, 6.07) is -0.642. The first-order chi connectivity index (χ1) is 6.63. The van der Waals surface area contributed by atoms with E-state index < -0.39 is 12.0 Å². The van der Waals surface area contributed by atoms with E-state index in [9.17, 15) is 4.79 Å². The highest BCUT2D eigenvalue weighted by atomic mass is 32.1. The van der Waals surface area contributed by atoms with Gasteiger partial charge in [-0.15, -0.1) is 0 Å². The summed E-state index contributed by atoms with van der Waals surface area (Å²) in [6.45, 7) is 2.09. The third-order valence-corrected chi connectivity index (χ3v) is 1.90. The second-order valence-electron chi connectivity index (χ2n) is 2.83. The van der Waals surface area contributed by atoms with Crippen molar-refractivity contribution in [2.45, 2.75) is 19.4 Å². The fraction of sp³-hybridized carbons (Fsp3) is 0.500. The molecule has 0 radical (unpaired) electrons. The minimum Gasteiger partial charge on any atom is -0.465 e. The van der Waals surface area contributed by atoms with Crippen LogP contribution in [0, 0.1) is 4.77 Å². The molecule has 0 saturated heterocycles. The van der Waals surface area contributed by atoms with Crippen LogP contribution in [0.25, 0.3) is 0 Å². The maximum Gasteiger partial charge on any atom is 0.323 e. The van der Waals surface area contributed by atoms with Gasteiger partial charge in [-0.3, -0.25) is 4.79 Å². The fourth-order valence-electron chi connectivity index (χ4n) is 1.05. The van der Waals surface area contributed by atoms with Crippen molar-refractivity contribution in [3.8, 4) is 0 Å². The molecule has 0 aliphatic rings. The van der Waals surface area contributed by atoms with Gasteiger partial charge in [0.25, 0.3) is 0 Å². The standard InChI is InChI=1S/C8H13N3O2S/c1-2-13-7(12)6(9)3-5-4-10-8(14)11-5/h4,6H,2-3,9H2,1H3,(H2,10,11,14)/t6-/m1/s1. The lowest BCUT2D eigenvalue weighted by molar-refractivity contribution is -0.144. The third kappa shape index (κ3) is 2.97. The van der Waals surface area contributed by atoms with E-state index in [0.717, 1.165) is 5.69 Å². The summed E-state index contributed by atoms with van der Waals surface area (Å²) in [5, 5.41) is 0. The van der Waals surface area contributed by atoms with E-state index in [1.807, 2.05) is 0 Å². The number of rotatable bonds is 4. The number of H-pyrrole nitrogens is 2. The van der Waals surface area contributed by atoms with Gasteiger partial charge in [-0.05, 0) is 19.1 Å². The first kappa shape index (κ1) is 10.9. The lowest BCUT2D eigenvalue weighted by atomic mass is 10.2. The summed E-state index contributed by atoms with van der Waals surface area (Å²) < 4.78 is 5.29. The van der Waals surface area contributed by atoms with Crippen LogP contribution < -0.4 is 5.73 Å². The van der Waals surface area contributed by atoms with Crippen LogP contribution >= 0.6 is 12.2 Å². The fourth-order valence-corrected chi connectivity index (χ4v) is 1.24. The highest BCUT2D eigenvalue weighted by Crippen LogP contribution is 1.99. The minimum absolute atomic E-state index is 0.343. The van der Waals surface area contributed by atoms with Gasteiger partial charge in [0.1, 0.15) is 6.04 Å². The van der Waals surface area contributed by atoms with Crippen LogP contribution in [-0.4, -0.2) is 28.6 Å². The quantitative estimate of drug-likeness (QED) is 0.504. The first-order valence-corrected chi connectivity index (χ1v) is 4.73. The lowest BCUT2D eigenvalue weighted by Gasteiger charge is -2.08. The van der Waals surface area contributed by atoms with Crippen LogP contribution in [0.15, 0.2) is 6.20 Å². The Morgan fingerprint density at radius 3 is 3.00 bits per heavy atom. The molecule has 6 heteroatoms. The topological polar surface area (TPSA) is 83.9 Å². The van der Waals surface area contributed by atoms with E-state index >= 15 is 0 Å². The number of nitrogens with one attached hydrogen (secondary N) is 2. The number of carbonyl (C=O) groups excluding carboxylic acids is 1. The summed E-state index contributed by atoms with van der Waals surface area (Å²) in [7, 11) is 0. The number of esters is 1. The second-order valence-corrected chi connectivity index (χ2v) is 3.24. The van der Waals surface area contributed by atoms with Gasteiger partial charge >= 0.3 is 5.97 Å². The molecule has 0 bridgehead atoms. The van der Waals surface area contributed by atoms with Crippen LogP contribution in [0.2, 0.25) is 0 Å². The van der Waals surface area contributed by atoms with Crippen molar-refractivity contribution in [2.24, 2.45) is 5.73 Å². The molecule has 5 nitrogen and oxygen atoms in total. The Bertz CT molecular complexity index is 357. The summed E-state index contributed by atoms with van der Waals surface area (Å²) in [6.07, 6.45) is 2.09. The molecule has 0 aliphatic carbocycles. The zero-order valence-electron chi connectivity index (χ0n) is 7.87. The Kier molecular flexibility index (Phi) is 3.84. The summed E-state index contributed by atoms with van der Waals surface area (Å²) in [4.78, 5) is 16.8. The zero-order chi connectivity index (χ0) is 10.6. The molecule has 1 rings (SSSR count). The maximum absolute atomic E-state index is 11.2. The van der Waals surface area contributed by atoms with Crippen molar-refractivity contribution >= 4 is 18.2 Å². The Morgan fingerprint density at radius 2 is 2.50 bits per heavy atom. The summed E-state index contributed by atoms with van der Waals surface area (Å²) >= 11 is 4.83. The highest BCUT2D eigenvalue weighted by Gasteiger charge is 2.15. The SMILES string of the molecule is CCOC(=O)[C@H](N)Cc1c[nH]c(=S)[nH]1. The van der Waals surface area contributed by atoms with E-state index in [1.165, 1.54) is 0 Å². The molecule has 1 aromatic heterocycles. The van der Waals surface area contributed by atoms with Gasteiger partial charge in [-0.25, -0.2) is 0 Å². The Hall–Kier alpha value is -1.14. The van der Waals surface area contributed by atoms with Crippen LogP contribution in [-0.2, 0) is 16.0 Å². The molecule has 78 valence electrons. The molecular formula is C8H13N3O2S. The molecule has 0 fully saturated rings. The van der Waals surface area contributed by atoms with E-state index in [1.54, 1.807) is 13.1 Å². The first-order valence-electron chi connectivity index (χ1n) is 4.32. The normalized spacial score (nSPS) is 12.4. The van der Waals surface area contributed by atoms with Crippen molar-refractivity contribution in [2.75, 3.05) is 6.61 Å². The molecule has 0 aliphatic heterocycles. The van der Waals surface area contributed by atoms with Gasteiger partial charge < -0.3 is 20.4 Å². The molecule has 4 N–H and O–H groups in total. The van der Waals surface area contributed by atoms with Gasteiger partial charge in [-0.2, -0.15) is 0 Å². The van der Waals surface area contributed by atoms with Crippen molar-refractivity contribution in [3.05, 3.63) is 16.7 Å². The number of nitrogens with two attached hydrogens (primary N) is 1. The molecule has 1 atom stereocenters. The van der Waals surface area contributed by atoms with Gasteiger partial charge in [0, 0.05) is 18.3 Å². The zero-order valence-corrected chi connectivity index (χ0v) is 8.69. The predicted molar refractivity (Wildman–Crippen MR) is 54.3 cm³/mol. The molecule has 14 heavy (non-hydrogen) atoms. The number of ether oxygens (including phenoxy) is 1. The number of aromatic nitrogens is 2. The molecule has 0 aromatic carbocycles. The number of imidazole rings is 1. The van der Waals surface area contributed by atoms with Gasteiger partial charge in [-0.1, -0.05) is 0 Å². The van der Waals surface area contributed by atoms with E-state index in [2.05, 4.69) is 9.97 Å². The second kappa shape index (κ2) is 4.92. The highest BCUT2D eigenvalue weighted by molar-refractivity contribution is 7.71. The molecular weight excluding hydrogens is 202 g/mol. The molecule has 1 aromatic rings. The lowest BCUT2D eigenvalue weighted by Crippen LogP contribution is -2.34. The predicted octanol–water partition coefficient (Wildman–Crippen LogP) is 0.505. The minimum atomic E-state index is -0.642. The monoisotopic (exact) mass is 215 g/mol. The number of hydrogen-bond donors (Lipinski definition) is 3. The van der Waals surface area contributed by atoms with Crippen LogP contribution in [0.4, 0.5) is 0 Å². The maximum atomic E-state index is 11.2. The van der Waals surface area contributed by atoms with Crippen LogP contribution in [0.5, 0.6) is 0 Å². The summed E-state index contributed by atoms with van der Waals surface area (Å²) in [5.74, 6) is -0.395. The Labute approximate surface area is 86.7 Å². The van der Waals surface area contributed by atoms with Crippen molar-refractivity contribution < 1.29 is 9.53 Å². The summed E-state index contributed by atoms with van der Waals surface area (Å²) in [5.41, 5.74) is 6.40. The van der Waals surface area contributed by atoms with Gasteiger partial charge in [0.05, 0.1) is 6.61 Å². The molecule has 1 heterocycles. The molecule has 0 amide bonds. The van der Waals surface area contributed by atoms with E-state index in [0.29, 0.717) is 17.8 Å². The third-order valence-electron chi connectivity index (χ3n) is 1.68. The average molecular weight is 215 g/mol. The Balaban J connectivity index is 2.52. The molecule has 0 unspecified atom stereocenters. The van der Waals surface area contributed by atoms with E-state index in [4.69, 9.17) is 22.7 Å². The smallest absolute Gasteiger partial charge is 0.323 e. The van der Waals surface area contributed by atoms with E-state index in [-0.39, 0.29) is 0 Å². The van der Waals surface area contributed by atoms with Crippen molar-refractivity contribution in [1.82, 2.24) is 9.97 Å². The number of carbonyl (C=O) groups is 1. The van der Waals surface area contributed by atoms with Gasteiger partial charge in [0.2, 0.25) is 0 Å². The number of aromatic amines is 2. The van der Waals surface area contributed by atoms with Crippen LogP contribution in [0.1, 0.15) is 12.6 Å². The molecule has 0 saturated carbocycles. The number of hydrogen-bond acceptors (Lipinski definition) is 4. The van der Waals surface area contributed by atoms with Crippen molar-refractivity contribution in [3.63, 3.8) is 0 Å². The van der Waals surface area contributed by atoms with Crippen LogP contribution in [0.3, 0.4) is 0 Å². The Morgan fingerprint density at radius 1 is 1.79 bits per heavy atom. The largest absolute Gasteiger partial charge is 0.465 e. The van der Waals surface area contributed by atoms with Crippen molar-refractivity contribution in [1.29, 1.82) is 0 Å².